The number of hydrogen-bond donors (Lipinski definition) is 0. The van der Waals surface area contributed by atoms with Crippen molar-refractivity contribution >= 4 is 6.29 Å². The first-order valence-electron chi connectivity index (χ1n) is 5.22. The van der Waals surface area contributed by atoms with Gasteiger partial charge in [0.15, 0.2) is 0 Å². The quantitative estimate of drug-likeness (QED) is 0.480. The molecule has 1 aliphatic rings. The van der Waals surface area contributed by atoms with Crippen molar-refractivity contribution in [2.45, 2.75) is 52.9 Å². The van der Waals surface area contributed by atoms with Crippen LogP contribution >= 0.6 is 0 Å². The largest absolute Gasteiger partial charge is 0.303 e. The van der Waals surface area contributed by atoms with Crippen molar-refractivity contribution < 1.29 is 4.79 Å². The van der Waals surface area contributed by atoms with Crippen LogP contribution in [0.1, 0.15) is 52.9 Å². The van der Waals surface area contributed by atoms with E-state index in [1.165, 1.54) is 24.0 Å². The second-order valence-corrected chi connectivity index (χ2v) is 4.46. The highest BCUT2D eigenvalue weighted by Gasteiger charge is 2.31. The molecule has 0 aromatic rings. The second kappa shape index (κ2) is 4.08. The molecule has 0 amide bonds. The van der Waals surface area contributed by atoms with E-state index in [4.69, 9.17) is 0 Å². The molecule has 1 unspecified atom stereocenters. The molecule has 0 spiro atoms. The second-order valence-electron chi connectivity index (χ2n) is 4.46. The van der Waals surface area contributed by atoms with Gasteiger partial charge in [0.2, 0.25) is 0 Å². The molecule has 1 nitrogen and oxygen atoms in total. The van der Waals surface area contributed by atoms with E-state index in [1.54, 1.807) is 0 Å². The van der Waals surface area contributed by atoms with Crippen LogP contribution in [-0.2, 0) is 4.79 Å². The van der Waals surface area contributed by atoms with Gasteiger partial charge in [0.25, 0.3) is 0 Å². The predicted octanol–water partition coefficient (Wildman–Crippen LogP) is 3.49. The monoisotopic (exact) mass is 180 g/mol. The van der Waals surface area contributed by atoms with Gasteiger partial charge in [0.05, 0.1) is 0 Å². The average Bonchev–Trinajstić information content (AvgIpc) is 2.12. The first-order valence-corrected chi connectivity index (χ1v) is 5.22. The summed E-state index contributed by atoms with van der Waals surface area (Å²) in [6.45, 7) is 6.64. The highest BCUT2D eigenvalue weighted by Crippen LogP contribution is 2.43. The van der Waals surface area contributed by atoms with Crippen molar-refractivity contribution in [3.05, 3.63) is 11.1 Å². The van der Waals surface area contributed by atoms with E-state index in [9.17, 15) is 4.79 Å². The Morgan fingerprint density at radius 2 is 2.08 bits per heavy atom. The van der Waals surface area contributed by atoms with Crippen LogP contribution in [0.5, 0.6) is 0 Å². The lowest BCUT2D eigenvalue weighted by Gasteiger charge is -2.36. The molecule has 1 heteroatoms. The summed E-state index contributed by atoms with van der Waals surface area (Å²) < 4.78 is 0. The molecule has 0 aromatic carbocycles. The average molecular weight is 180 g/mol. The van der Waals surface area contributed by atoms with Crippen molar-refractivity contribution in [1.29, 1.82) is 0 Å². The van der Waals surface area contributed by atoms with E-state index < -0.39 is 0 Å². The van der Waals surface area contributed by atoms with E-state index in [2.05, 4.69) is 20.8 Å². The topological polar surface area (TPSA) is 17.1 Å². The van der Waals surface area contributed by atoms with Crippen molar-refractivity contribution in [3.63, 3.8) is 0 Å². The predicted molar refractivity (Wildman–Crippen MR) is 55.6 cm³/mol. The Bertz CT molecular complexity index is 227. The molecule has 74 valence electrons. The van der Waals surface area contributed by atoms with Crippen molar-refractivity contribution in [2.24, 2.45) is 5.41 Å². The summed E-state index contributed by atoms with van der Waals surface area (Å²) >= 11 is 0. The third kappa shape index (κ3) is 2.20. The van der Waals surface area contributed by atoms with Crippen LogP contribution in [0.4, 0.5) is 0 Å². The molecule has 0 aromatic heterocycles. The van der Waals surface area contributed by atoms with Gasteiger partial charge in [0, 0.05) is 6.42 Å². The van der Waals surface area contributed by atoms with E-state index in [0.29, 0.717) is 5.41 Å². The molecule has 1 aliphatic carbocycles. The lowest BCUT2D eigenvalue weighted by atomic mass is 9.69. The molecule has 0 N–H and O–H groups in total. The number of aldehydes is 1. The third-order valence-corrected chi connectivity index (χ3v) is 3.67. The van der Waals surface area contributed by atoms with Gasteiger partial charge in [-0.15, -0.1) is 0 Å². The zero-order chi connectivity index (χ0) is 9.90. The van der Waals surface area contributed by atoms with Gasteiger partial charge in [-0.3, -0.25) is 0 Å². The minimum Gasteiger partial charge on any atom is -0.303 e. The standard InChI is InChI=1S/C12H20O/c1-4-12(7-8-13)6-5-10(2)11(3)9-12/h8H,4-7,9H2,1-3H3. The van der Waals surface area contributed by atoms with Gasteiger partial charge in [0.1, 0.15) is 6.29 Å². The lowest BCUT2D eigenvalue weighted by Crippen LogP contribution is -2.24. The first kappa shape index (κ1) is 10.5. The summed E-state index contributed by atoms with van der Waals surface area (Å²) in [7, 11) is 0. The number of hydrogen-bond acceptors (Lipinski definition) is 1. The SMILES string of the molecule is CCC1(CC=O)CCC(C)=C(C)C1. The maximum Gasteiger partial charge on any atom is 0.120 e. The summed E-state index contributed by atoms with van der Waals surface area (Å²) in [6.07, 6.45) is 6.49. The van der Waals surface area contributed by atoms with E-state index in [-0.39, 0.29) is 0 Å². The molecule has 0 bridgehead atoms. The van der Waals surface area contributed by atoms with E-state index >= 15 is 0 Å². The molecule has 0 radical (unpaired) electrons. The highest BCUT2D eigenvalue weighted by molar-refractivity contribution is 5.51. The number of allylic oxidation sites excluding steroid dienone is 2. The fourth-order valence-corrected chi connectivity index (χ4v) is 2.26. The molecule has 0 aliphatic heterocycles. The van der Waals surface area contributed by atoms with Crippen molar-refractivity contribution in [2.75, 3.05) is 0 Å². The minimum absolute atomic E-state index is 0.297. The summed E-state index contributed by atoms with van der Waals surface area (Å²) in [5, 5.41) is 0. The van der Waals surface area contributed by atoms with Gasteiger partial charge >= 0.3 is 0 Å². The van der Waals surface area contributed by atoms with Crippen LogP contribution < -0.4 is 0 Å². The Hall–Kier alpha value is -0.590. The highest BCUT2D eigenvalue weighted by atomic mass is 16.1. The van der Waals surface area contributed by atoms with Crippen LogP contribution in [0, 0.1) is 5.41 Å². The van der Waals surface area contributed by atoms with Gasteiger partial charge < -0.3 is 4.79 Å². The maximum absolute atomic E-state index is 10.6. The normalized spacial score (nSPS) is 29.2. The molecule has 1 atom stereocenters. The molecule has 0 heterocycles. The molecular weight excluding hydrogens is 160 g/mol. The Kier molecular flexibility index (Phi) is 3.29. The van der Waals surface area contributed by atoms with Crippen LogP contribution in [0.2, 0.25) is 0 Å². The summed E-state index contributed by atoms with van der Waals surface area (Å²) in [4.78, 5) is 10.6. The number of carbonyl (C=O) groups is 1. The summed E-state index contributed by atoms with van der Waals surface area (Å²) in [5.41, 5.74) is 3.34. The maximum atomic E-state index is 10.6. The van der Waals surface area contributed by atoms with Crippen LogP contribution in [0.3, 0.4) is 0 Å². The van der Waals surface area contributed by atoms with E-state index in [1.807, 2.05) is 0 Å². The molecule has 0 saturated carbocycles. The van der Waals surface area contributed by atoms with Gasteiger partial charge in [-0.2, -0.15) is 0 Å². The molecule has 0 saturated heterocycles. The Morgan fingerprint density at radius 3 is 2.54 bits per heavy atom. The van der Waals surface area contributed by atoms with Crippen molar-refractivity contribution in [3.8, 4) is 0 Å². The smallest absolute Gasteiger partial charge is 0.120 e. The summed E-state index contributed by atoms with van der Waals surface area (Å²) in [5.74, 6) is 0. The fourth-order valence-electron chi connectivity index (χ4n) is 2.26. The Balaban J connectivity index is 2.77. The lowest BCUT2D eigenvalue weighted by molar-refractivity contribution is -0.110. The Morgan fingerprint density at radius 1 is 1.38 bits per heavy atom. The summed E-state index contributed by atoms with van der Waals surface area (Å²) in [6, 6.07) is 0. The third-order valence-electron chi connectivity index (χ3n) is 3.67. The molecule has 13 heavy (non-hydrogen) atoms. The molecule has 0 fully saturated rings. The van der Waals surface area contributed by atoms with Gasteiger partial charge in [-0.1, -0.05) is 18.1 Å². The van der Waals surface area contributed by atoms with Gasteiger partial charge in [-0.25, -0.2) is 0 Å². The Labute approximate surface area is 81.2 Å². The van der Waals surface area contributed by atoms with E-state index in [0.717, 1.165) is 25.5 Å². The zero-order valence-electron chi connectivity index (χ0n) is 9.02. The first-order chi connectivity index (χ1) is 6.13. The fraction of sp³-hybridized carbons (Fsp3) is 0.750. The van der Waals surface area contributed by atoms with Crippen LogP contribution in [0.25, 0.3) is 0 Å². The van der Waals surface area contributed by atoms with Crippen LogP contribution in [0.15, 0.2) is 11.1 Å². The van der Waals surface area contributed by atoms with Gasteiger partial charge in [-0.05, 0) is 44.9 Å². The zero-order valence-corrected chi connectivity index (χ0v) is 9.02. The van der Waals surface area contributed by atoms with Crippen LogP contribution in [-0.4, -0.2) is 6.29 Å². The van der Waals surface area contributed by atoms with Crippen molar-refractivity contribution in [1.82, 2.24) is 0 Å². The molecule has 1 rings (SSSR count). The number of rotatable bonds is 3. The number of carbonyl (C=O) groups excluding carboxylic acids is 1. The molecular formula is C12H20O. The minimum atomic E-state index is 0.297.